The van der Waals surface area contributed by atoms with E-state index in [1.807, 2.05) is 0 Å². The predicted molar refractivity (Wildman–Crippen MR) is 54.1 cm³/mol. The summed E-state index contributed by atoms with van der Waals surface area (Å²) in [5.74, 6) is -3.32. The minimum atomic E-state index is -1.25. The van der Waals surface area contributed by atoms with Crippen LogP contribution in [0, 0.1) is 22.9 Å². The summed E-state index contributed by atoms with van der Waals surface area (Å²) in [6.45, 7) is 2.93. The highest BCUT2D eigenvalue weighted by molar-refractivity contribution is 5.24. The molecule has 90 valence electrons. The van der Waals surface area contributed by atoms with E-state index in [4.69, 9.17) is 10.8 Å². The molecule has 1 atom stereocenters. The van der Waals surface area contributed by atoms with Crippen LogP contribution in [0.3, 0.4) is 0 Å². The zero-order valence-corrected chi connectivity index (χ0v) is 9.10. The Bertz CT molecular complexity index is 393. The topological polar surface area (TPSA) is 46.2 Å². The Morgan fingerprint density at radius 2 is 1.69 bits per heavy atom. The van der Waals surface area contributed by atoms with Gasteiger partial charge in [0.25, 0.3) is 0 Å². The molecule has 0 heterocycles. The van der Waals surface area contributed by atoms with Crippen LogP contribution < -0.4 is 5.73 Å². The van der Waals surface area contributed by atoms with Gasteiger partial charge in [0.1, 0.15) is 5.82 Å². The minimum absolute atomic E-state index is 0.141. The van der Waals surface area contributed by atoms with Crippen molar-refractivity contribution in [2.24, 2.45) is 11.1 Å². The van der Waals surface area contributed by atoms with Gasteiger partial charge in [-0.2, -0.15) is 0 Å². The molecule has 0 aromatic heterocycles. The lowest BCUT2D eigenvalue weighted by Gasteiger charge is -2.30. The number of aliphatic hydroxyl groups is 1. The molecule has 2 nitrogen and oxygen atoms in total. The molecular formula is C11H14F3NO. The molecule has 0 fully saturated rings. The molecule has 0 radical (unpaired) electrons. The molecule has 0 aliphatic carbocycles. The van der Waals surface area contributed by atoms with E-state index in [9.17, 15) is 13.2 Å². The smallest absolute Gasteiger partial charge is 0.161 e. The van der Waals surface area contributed by atoms with Gasteiger partial charge in [0, 0.05) is 29.7 Å². The SMILES string of the molecule is CC(C)(CO)[C@@H](N)c1cc(F)c(F)cc1F. The second-order valence-corrected chi connectivity index (χ2v) is 4.41. The van der Waals surface area contributed by atoms with Gasteiger partial charge in [0.05, 0.1) is 0 Å². The number of halogens is 3. The van der Waals surface area contributed by atoms with Crippen molar-refractivity contribution >= 4 is 0 Å². The molecule has 1 aromatic carbocycles. The van der Waals surface area contributed by atoms with Crippen LogP contribution in [0.5, 0.6) is 0 Å². The molecule has 0 unspecified atom stereocenters. The number of hydrogen-bond donors (Lipinski definition) is 2. The molecule has 0 amide bonds. The van der Waals surface area contributed by atoms with Gasteiger partial charge in [-0.3, -0.25) is 0 Å². The average Bonchev–Trinajstić information content (AvgIpc) is 2.22. The van der Waals surface area contributed by atoms with E-state index in [0.717, 1.165) is 6.07 Å². The second-order valence-electron chi connectivity index (χ2n) is 4.41. The van der Waals surface area contributed by atoms with Crippen LogP contribution in [0.15, 0.2) is 12.1 Å². The summed E-state index contributed by atoms with van der Waals surface area (Å²) in [5.41, 5.74) is 4.76. The normalized spacial score (nSPS) is 13.9. The van der Waals surface area contributed by atoms with Crippen LogP contribution in [-0.4, -0.2) is 11.7 Å². The Morgan fingerprint density at radius 1 is 1.19 bits per heavy atom. The zero-order valence-electron chi connectivity index (χ0n) is 9.10. The standard InChI is InChI=1S/C11H14F3NO/c1-11(2,5-16)10(15)6-3-8(13)9(14)4-7(6)12/h3-4,10,16H,5,15H2,1-2H3/t10-/m0/s1. The van der Waals surface area contributed by atoms with Gasteiger partial charge in [-0.1, -0.05) is 13.8 Å². The van der Waals surface area contributed by atoms with Gasteiger partial charge in [0.2, 0.25) is 0 Å². The molecule has 1 aromatic rings. The molecule has 16 heavy (non-hydrogen) atoms. The van der Waals surface area contributed by atoms with Crippen molar-refractivity contribution in [3.63, 3.8) is 0 Å². The van der Waals surface area contributed by atoms with Crippen molar-refractivity contribution in [1.29, 1.82) is 0 Å². The fourth-order valence-electron chi connectivity index (χ4n) is 1.30. The van der Waals surface area contributed by atoms with Crippen LogP contribution in [-0.2, 0) is 0 Å². The van der Waals surface area contributed by atoms with Crippen LogP contribution >= 0.6 is 0 Å². The predicted octanol–water partition coefficient (Wildman–Crippen LogP) is 2.12. The minimum Gasteiger partial charge on any atom is -0.396 e. The third kappa shape index (κ3) is 2.36. The molecule has 0 bridgehead atoms. The molecular weight excluding hydrogens is 219 g/mol. The van der Waals surface area contributed by atoms with E-state index in [-0.39, 0.29) is 12.2 Å². The Labute approximate surface area is 91.9 Å². The number of rotatable bonds is 3. The summed E-state index contributed by atoms with van der Waals surface area (Å²) < 4.78 is 39.0. The lowest BCUT2D eigenvalue weighted by molar-refractivity contribution is 0.130. The maximum atomic E-state index is 13.4. The van der Waals surface area contributed by atoms with E-state index in [0.29, 0.717) is 6.07 Å². The van der Waals surface area contributed by atoms with Crippen molar-refractivity contribution in [3.05, 3.63) is 35.1 Å². The average molecular weight is 233 g/mol. The van der Waals surface area contributed by atoms with E-state index in [1.165, 1.54) is 0 Å². The Balaban J connectivity index is 3.19. The number of hydrogen-bond acceptors (Lipinski definition) is 2. The number of aliphatic hydroxyl groups excluding tert-OH is 1. The first kappa shape index (κ1) is 13.0. The van der Waals surface area contributed by atoms with Crippen LogP contribution in [0.25, 0.3) is 0 Å². The van der Waals surface area contributed by atoms with Gasteiger partial charge in [-0.25, -0.2) is 13.2 Å². The summed E-state index contributed by atoms with van der Waals surface area (Å²) >= 11 is 0. The van der Waals surface area contributed by atoms with Crippen molar-refractivity contribution < 1.29 is 18.3 Å². The zero-order chi connectivity index (χ0) is 12.5. The van der Waals surface area contributed by atoms with Crippen LogP contribution in [0.4, 0.5) is 13.2 Å². The lowest BCUT2D eigenvalue weighted by atomic mass is 9.81. The number of nitrogens with two attached hydrogens (primary N) is 1. The van der Waals surface area contributed by atoms with Gasteiger partial charge in [0.15, 0.2) is 11.6 Å². The quantitative estimate of drug-likeness (QED) is 0.785. The van der Waals surface area contributed by atoms with E-state index in [1.54, 1.807) is 13.8 Å². The van der Waals surface area contributed by atoms with Gasteiger partial charge < -0.3 is 10.8 Å². The van der Waals surface area contributed by atoms with E-state index in [2.05, 4.69) is 0 Å². The molecule has 0 aliphatic heterocycles. The maximum Gasteiger partial charge on any atom is 0.161 e. The largest absolute Gasteiger partial charge is 0.396 e. The van der Waals surface area contributed by atoms with Crippen LogP contribution in [0.2, 0.25) is 0 Å². The summed E-state index contributed by atoms with van der Waals surface area (Å²) in [6.07, 6.45) is 0. The first-order valence-corrected chi connectivity index (χ1v) is 4.80. The molecule has 5 heteroatoms. The summed E-state index contributed by atoms with van der Waals surface area (Å²) in [7, 11) is 0. The molecule has 0 saturated heterocycles. The molecule has 3 N–H and O–H groups in total. The third-order valence-electron chi connectivity index (χ3n) is 2.62. The van der Waals surface area contributed by atoms with Crippen molar-refractivity contribution in [2.75, 3.05) is 6.61 Å². The molecule has 0 saturated carbocycles. The Morgan fingerprint density at radius 3 is 2.19 bits per heavy atom. The fourth-order valence-corrected chi connectivity index (χ4v) is 1.30. The number of benzene rings is 1. The molecule has 0 aliphatic rings. The third-order valence-corrected chi connectivity index (χ3v) is 2.62. The Hall–Kier alpha value is -1.07. The summed E-state index contributed by atoms with van der Waals surface area (Å²) in [4.78, 5) is 0. The molecule has 1 rings (SSSR count). The van der Waals surface area contributed by atoms with Crippen LogP contribution in [0.1, 0.15) is 25.5 Å². The fraction of sp³-hybridized carbons (Fsp3) is 0.455. The monoisotopic (exact) mass is 233 g/mol. The summed E-state index contributed by atoms with van der Waals surface area (Å²) in [5, 5.41) is 9.07. The summed E-state index contributed by atoms with van der Waals surface area (Å²) in [6, 6.07) is 0.276. The highest BCUT2D eigenvalue weighted by Gasteiger charge is 2.29. The van der Waals surface area contributed by atoms with E-state index < -0.39 is 28.9 Å². The first-order chi connectivity index (χ1) is 7.29. The van der Waals surface area contributed by atoms with Crippen molar-refractivity contribution in [1.82, 2.24) is 0 Å². The maximum absolute atomic E-state index is 13.4. The van der Waals surface area contributed by atoms with Crippen molar-refractivity contribution in [3.8, 4) is 0 Å². The van der Waals surface area contributed by atoms with Crippen molar-refractivity contribution in [2.45, 2.75) is 19.9 Å². The highest BCUT2D eigenvalue weighted by Crippen LogP contribution is 2.32. The van der Waals surface area contributed by atoms with E-state index >= 15 is 0 Å². The highest BCUT2D eigenvalue weighted by atomic mass is 19.2. The molecule has 0 spiro atoms. The van der Waals surface area contributed by atoms with Gasteiger partial charge in [-0.15, -0.1) is 0 Å². The Kier molecular flexibility index (Phi) is 3.60. The van der Waals surface area contributed by atoms with Gasteiger partial charge in [-0.05, 0) is 6.07 Å². The lowest BCUT2D eigenvalue weighted by Crippen LogP contribution is -2.33. The second kappa shape index (κ2) is 4.43. The first-order valence-electron chi connectivity index (χ1n) is 4.80. The van der Waals surface area contributed by atoms with Gasteiger partial charge >= 0.3 is 0 Å².